The number of nitrogens with zero attached hydrogens (tertiary/aromatic N) is 1. The second-order valence-corrected chi connectivity index (χ2v) is 6.76. The van der Waals surface area contributed by atoms with Crippen LogP contribution in [0.4, 0.5) is 4.79 Å². The first kappa shape index (κ1) is 14.9. The van der Waals surface area contributed by atoms with E-state index in [0.717, 1.165) is 18.4 Å². The molecule has 22 heavy (non-hydrogen) atoms. The van der Waals surface area contributed by atoms with Crippen molar-refractivity contribution in [3.05, 3.63) is 51.2 Å². The summed E-state index contributed by atoms with van der Waals surface area (Å²) in [4.78, 5) is 16.6. The molecule has 0 bridgehead atoms. The highest BCUT2D eigenvalue weighted by Gasteiger charge is 2.20. The normalized spacial score (nSPS) is 13.8. The van der Waals surface area contributed by atoms with Gasteiger partial charge in [-0.1, -0.05) is 13.0 Å². The number of hydrogen-bond acceptors (Lipinski definition) is 3. The van der Waals surface area contributed by atoms with Crippen LogP contribution >= 0.6 is 11.3 Å². The molecule has 0 aliphatic carbocycles. The van der Waals surface area contributed by atoms with Gasteiger partial charge in [0.05, 0.1) is 6.54 Å². The Labute approximate surface area is 134 Å². The number of hydrogen-bond donors (Lipinski definition) is 2. The maximum atomic E-state index is 12.3. The maximum absolute atomic E-state index is 12.3. The lowest BCUT2D eigenvalue weighted by atomic mass is 10.00. The van der Waals surface area contributed by atoms with E-state index in [1.807, 2.05) is 6.07 Å². The number of carbonyl (C=O) groups excluding carboxylic acids is 1. The fourth-order valence-electron chi connectivity index (χ4n) is 2.70. The van der Waals surface area contributed by atoms with Gasteiger partial charge in [-0.25, -0.2) is 4.79 Å². The van der Waals surface area contributed by atoms with E-state index in [0.29, 0.717) is 19.6 Å². The summed E-state index contributed by atoms with van der Waals surface area (Å²) in [5.74, 6) is 0.256. The average Bonchev–Trinajstić information content (AvgIpc) is 3.00. The zero-order chi connectivity index (χ0) is 15.5. The Balaban J connectivity index is 1.59. The molecule has 2 heterocycles. The molecule has 1 aliphatic rings. The van der Waals surface area contributed by atoms with Gasteiger partial charge in [-0.05, 0) is 48.2 Å². The van der Waals surface area contributed by atoms with Crippen molar-refractivity contribution < 1.29 is 9.90 Å². The third kappa shape index (κ3) is 3.25. The van der Waals surface area contributed by atoms with Crippen molar-refractivity contribution in [3.8, 4) is 5.75 Å². The summed E-state index contributed by atoms with van der Waals surface area (Å²) in [7, 11) is 0. The van der Waals surface area contributed by atoms with Gasteiger partial charge in [-0.15, -0.1) is 11.3 Å². The van der Waals surface area contributed by atoms with Crippen LogP contribution in [0.5, 0.6) is 5.75 Å². The van der Waals surface area contributed by atoms with Crippen LogP contribution in [0.1, 0.15) is 27.8 Å². The average molecular weight is 316 g/mol. The summed E-state index contributed by atoms with van der Waals surface area (Å²) in [6.07, 6.45) is 1.87. The Bertz CT molecular complexity index is 681. The number of aromatic hydroxyl groups is 1. The van der Waals surface area contributed by atoms with Crippen molar-refractivity contribution in [2.45, 2.75) is 32.9 Å². The molecule has 2 amide bonds. The van der Waals surface area contributed by atoms with E-state index >= 15 is 0 Å². The number of urea groups is 1. The lowest BCUT2D eigenvalue weighted by Crippen LogP contribution is -2.42. The second kappa shape index (κ2) is 6.40. The molecule has 0 spiro atoms. The number of phenols is 1. The standard InChI is InChI=1S/C17H20N2O2S/c1-2-15-5-6-16(22-15)10-18-17(21)19-8-7-12-3-4-14(20)9-13(12)11-19/h3-6,9,20H,2,7-8,10-11H2,1H3,(H,18,21). The molecule has 0 radical (unpaired) electrons. The first-order chi connectivity index (χ1) is 10.7. The van der Waals surface area contributed by atoms with E-state index in [-0.39, 0.29) is 11.8 Å². The van der Waals surface area contributed by atoms with Crippen LogP contribution in [0.2, 0.25) is 0 Å². The predicted octanol–water partition coefficient (Wildman–Crippen LogP) is 3.28. The Kier molecular flexibility index (Phi) is 4.34. The second-order valence-electron chi connectivity index (χ2n) is 5.50. The first-order valence-corrected chi connectivity index (χ1v) is 8.38. The van der Waals surface area contributed by atoms with Gasteiger partial charge in [-0.3, -0.25) is 0 Å². The monoisotopic (exact) mass is 316 g/mol. The van der Waals surface area contributed by atoms with Crippen LogP contribution in [0, 0.1) is 0 Å². The molecule has 4 nitrogen and oxygen atoms in total. The molecule has 5 heteroatoms. The van der Waals surface area contributed by atoms with E-state index in [2.05, 4.69) is 24.4 Å². The molecule has 3 rings (SSSR count). The minimum Gasteiger partial charge on any atom is -0.508 e. The number of amides is 2. The lowest BCUT2D eigenvalue weighted by molar-refractivity contribution is 0.192. The van der Waals surface area contributed by atoms with Crippen LogP contribution in [0.3, 0.4) is 0 Å². The number of aryl methyl sites for hydroxylation is 1. The van der Waals surface area contributed by atoms with Crippen LogP contribution < -0.4 is 5.32 Å². The maximum Gasteiger partial charge on any atom is 0.318 e. The summed E-state index contributed by atoms with van der Waals surface area (Å²) >= 11 is 1.75. The van der Waals surface area contributed by atoms with Crippen LogP contribution in [-0.2, 0) is 25.9 Å². The van der Waals surface area contributed by atoms with Gasteiger partial charge in [0.1, 0.15) is 5.75 Å². The van der Waals surface area contributed by atoms with Gasteiger partial charge in [0.25, 0.3) is 0 Å². The molecule has 116 valence electrons. The Morgan fingerprint density at radius 1 is 1.27 bits per heavy atom. The highest BCUT2D eigenvalue weighted by atomic mass is 32.1. The number of nitrogens with one attached hydrogen (secondary N) is 1. The minimum atomic E-state index is -0.0413. The van der Waals surface area contributed by atoms with Crippen molar-refractivity contribution in [2.24, 2.45) is 0 Å². The number of fused-ring (bicyclic) bond motifs is 1. The molecular weight excluding hydrogens is 296 g/mol. The fourth-order valence-corrected chi connectivity index (χ4v) is 3.60. The number of phenolic OH excluding ortho intramolecular Hbond substituents is 1. The van der Waals surface area contributed by atoms with Crippen molar-refractivity contribution in [2.75, 3.05) is 6.54 Å². The number of benzene rings is 1. The number of rotatable bonds is 3. The highest BCUT2D eigenvalue weighted by molar-refractivity contribution is 7.11. The Hall–Kier alpha value is -2.01. The molecule has 0 saturated heterocycles. The predicted molar refractivity (Wildman–Crippen MR) is 88.2 cm³/mol. The van der Waals surface area contributed by atoms with E-state index in [1.54, 1.807) is 28.4 Å². The minimum absolute atomic E-state index is 0.0413. The third-order valence-corrected chi connectivity index (χ3v) is 5.20. The van der Waals surface area contributed by atoms with Gasteiger partial charge < -0.3 is 15.3 Å². The molecule has 0 unspecified atom stereocenters. The van der Waals surface area contributed by atoms with Crippen LogP contribution in [0.25, 0.3) is 0 Å². The fraction of sp³-hybridized carbons (Fsp3) is 0.353. The lowest BCUT2D eigenvalue weighted by Gasteiger charge is -2.29. The van der Waals surface area contributed by atoms with E-state index in [4.69, 9.17) is 0 Å². The van der Waals surface area contributed by atoms with Crippen LogP contribution in [0.15, 0.2) is 30.3 Å². The number of thiophene rings is 1. The molecule has 1 aliphatic heterocycles. The summed E-state index contributed by atoms with van der Waals surface area (Å²) in [5.41, 5.74) is 2.25. The quantitative estimate of drug-likeness (QED) is 0.913. The van der Waals surface area contributed by atoms with Gasteiger partial charge in [0.2, 0.25) is 0 Å². The summed E-state index contributed by atoms with van der Waals surface area (Å²) < 4.78 is 0. The topological polar surface area (TPSA) is 52.6 Å². The zero-order valence-electron chi connectivity index (χ0n) is 12.6. The molecule has 2 N–H and O–H groups in total. The van der Waals surface area contributed by atoms with Gasteiger partial charge in [0.15, 0.2) is 0 Å². The molecule has 0 atom stereocenters. The summed E-state index contributed by atoms with van der Waals surface area (Å²) in [5, 5.41) is 12.6. The molecule has 0 fully saturated rings. The van der Waals surface area contributed by atoms with Crippen molar-refractivity contribution in [1.82, 2.24) is 10.2 Å². The molecule has 1 aromatic carbocycles. The SMILES string of the molecule is CCc1ccc(CNC(=O)N2CCc3ccc(O)cc3C2)s1. The third-order valence-electron chi connectivity index (χ3n) is 3.97. The van der Waals surface area contributed by atoms with Gasteiger partial charge in [-0.2, -0.15) is 0 Å². The largest absolute Gasteiger partial charge is 0.508 e. The molecule has 1 aromatic heterocycles. The van der Waals surface area contributed by atoms with Crippen molar-refractivity contribution in [3.63, 3.8) is 0 Å². The van der Waals surface area contributed by atoms with Gasteiger partial charge >= 0.3 is 6.03 Å². The Morgan fingerprint density at radius 2 is 2.09 bits per heavy atom. The van der Waals surface area contributed by atoms with Gasteiger partial charge in [0, 0.05) is 22.8 Å². The van der Waals surface area contributed by atoms with E-state index in [9.17, 15) is 9.90 Å². The highest BCUT2D eigenvalue weighted by Crippen LogP contribution is 2.23. The summed E-state index contributed by atoms with van der Waals surface area (Å²) in [6.45, 7) is 3.98. The Morgan fingerprint density at radius 3 is 2.86 bits per heavy atom. The number of carbonyl (C=O) groups is 1. The summed E-state index contributed by atoms with van der Waals surface area (Å²) in [6, 6.07) is 9.55. The molecule has 0 saturated carbocycles. The van der Waals surface area contributed by atoms with Crippen molar-refractivity contribution in [1.29, 1.82) is 0 Å². The van der Waals surface area contributed by atoms with Crippen molar-refractivity contribution >= 4 is 17.4 Å². The van der Waals surface area contributed by atoms with E-state index in [1.165, 1.54) is 15.3 Å². The smallest absolute Gasteiger partial charge is 0.318 e. The molecular formula is C17H20N2O2S. The molecule has 2 aromatic rings. The van der Waals surface area contributed by atoms with E-state index < -0.39 is 0 Å². The first-order valence-electron chi connectivity index (χ1n) is 7.57. The van der Waals surface area contributed by atoms with Crippen LogP contribution in [-0.4, -0.2) is 22.6 Å². The zero-order valence-corrected chi connectivity index (χ0v) is 13.4.